The van der Waals surface area contributed by atoms with Gasteiger partial charge in [-0.2, -0.15) is 0 Å². The highest BCUT2D eigenvalue weighted by Gasteiger charge is 2.09. The summed E-state index contributed by atoms with van der Waals surface area (Å²) in [5.74, 6) is 0.260. The first kappa shape index (κ1) is 12.0. The van der Waals surface area contributed by atoms with Gasteiger partial charge in [0, 0.05) is 11.6 Å². The summed E-state index contributed by atoms with van der Waals surface area (Å²) < 4.78 is 4.88. The van der Waals surface area contributed by atoms with Crippen LogP contribution in [0.25, 0.3) is 0 Å². The number of nitrogen functional groups attached to an aromatic ring is 1. The van der Waals surface area contributed by atoms with Gasteiger partial charge in [-0.15, -0.1) is 0 Å². The topological polar surface area (TPSA) is 101 Å². The monoisotopic (exact) mass is 247 g/mol. The molecule has 2 aromatic rings. The minimum absolute atomic E-state index is 0.111. The van der Waals surface area contributed by atoms with E-state index in [-0.39, 0.29) is 23.9 Å². The molecule has 0 unspecified atom stereocenters. The molecule has 0 radical (unpaired) electrons. The highest BCUT2D eigenvalue weighted by Crippen LogP contribution is 2.20. The van der Waals surface area contributed by atoms with Crippen molar-refractivity contribution in [2.24, 2.45) is 0 Å². The van der Waals surface area contributed by atoms with E-state index in [9.17, 15) is 9.90 Å². The molecule has 94 valence electrons. The normalized spacial score (nSPS) is 10.3. The number of phenolic OH excluding ortho intramolecular Hbond substituents is 1. The van der Waals surface area contributed by atoms with Gasteiger partial charge in [0.2, 0.25) is 0 Å². The Hall–Kier alpha value is -2.50. The van der Waals surface area contributed by atoms with Crippen LogP contribution in [0.1, 0.15) is 21.8 Å². The van der Waals surface area contributed by atoms with E-state index < -0.39 is 0 Å². The van der Waals surface area contributed by atoms with Crippen LogP contribution in [0.5, 0.6) is 5.75 Å². The molecule has 6 nitrogen and oxygen atoms in total. The maximum absolute atomic E-state index is 11.8. The third-order valence-electron chi connectivity index (χ3n) is 2.40. The molecule has 4 N–H and O–H groups in total. The molecule has 2 rings (SSSR count). The van der Waals surface area contributed by atoms with Gasteiger partial charge < -0.3 is 20.7 Å². The predicted octanol–water partition coefficient (Wildman–Crippen LogP) is 1.20. The lowest BCUT2D eigenvalue weighted by molar-refractivity contribution is 0.0949. The van der Waals surface area contributed by atoms with E-state index in [1.54, 1.807) is 19.1 Å². The van der Waals surface area contributed by atoms with Gasteiger partial charge in [-0.1, -0.05) is 5.16 Å². The lowest BCUT2D eigenvalue weighted by atomic mass is 10.2. The largest absolute Gasteiger partial charge is 0.506 e. The van der Waals surface area contributed by atoms with Crippen LogP contribution in [0, 0.1) is 6.92 Å². The number of rotatable bonds is 3. The first-order valence-corrected chi connectivity index (χ1v) is 5.35. The fourth-order valence-electron chi connectivity index (χ4n) is 1.46. The van der Waals surface area contributed by atoms with Gasteiger partial charge in [0.25, 0.3) is 5.91 Å². The van der Waals surface area contributed by atoms with Crippen molar-refractivity contribution in [3.05, 3.63) is 41.3 Å². The van der Waals surface area contributed by atoms with Gasteiger partial charge in [0.05, 0.1) is 12.2 Å². The summed E-state index contributed by atoms with van der Waals surface area (Å²) in [4.78, 5) is 11.8. The Morgan fingerprint density at radius 3 is 2.89 bits per heavy atom. The van der Waals surface area contributed by atoms with E-state index in [1.807, 2.05) is 0 Å². The number of phenols is 1. The van der Waals surface area contributed by atoms with Gasteiger partial charge in [-0.3, -0.25) is 4.79 Å². The molecule has 0 aliphatic heterocycles. The molecule has 0 aliphatic carbocycles. The number of benzene rings is 1. The summed E-state index contributed by atoms with van der Waals surface area (Å²) >= 11 is 0. The zero-order chi connectivity index (χ0) is 13.1. The predicted molar refractivity (Wildman–Crippen MR) is 64.9 cm³/mol. The molecule has 1 heterocycles. The molecule has 1 amide bonds. The van der Waals surface area contributed by atoms with Crippen molar-refractivity contribution in [3.63, 3.8) is 0 Å². The second-order valence-electron chi connectivity index (χ2n) is 3.89. The summed E-state index contributed by atoms with van der Waals surface area (Å²) in [6.07, 6.45) is 0. The number of carbonyl (C=O) groups excluding carboxylic acids is 1. The van der Waals surface area contributed by atoms with Crippen LogP contribution in [0.15, 0.2) is 28.8 Å². The minimum Gasteiger partial charge on any atom is -0.506 e. The fourth-order valence-corrected chi connectivity index (χ4v) is 1.46. The average Bonchev–Trinajstić information content (AvgIpc) is 2.75. The second-order valence-corrected chi connectivity index (χ2v) is 3.89. The molecule has 0 atom stereocenters. The Bertz CT molecular complexity index is 578. The maximum atomic E-state index is 11.8. The molecule has 6 heteroatoms. The van der Waals surface area contributed by atoms with E-state index >= 15 is 0 Å². The van der Waals surface area contributed by atoms with E-state index in [2.05, 4.69) is 10.5 Å². The van der Waals surface area contributed by atoms with Crippen LogP contribution >= 0.6 is 0 Å². The Balaban J connectivity index is 2.01. The zero-order valence-electron chi connectivity index (χ0n) is 9.80. The number of carbonyl (C=O) groups is 1. The second kappa shape index (κ2) is 4.79. The van der Waals surface area contributed by atoms with Crippen LogP contribution < -0.4 is 11.1 Å². The number of nitrogens with one attached hydrogen (secondary N) is 1. The Labute approximate surface area is 103 Å². The summed E-state index contributed by atoms with van der Waals surface area (Å²) in [6, 6.07) is 6.07. The fraction of sp³-hybridized carbons (Fsp3) is 0.167. The number of anilines is 1. The summed E-state index contributed by atoms with van der Waals surface area (Å²) in [5, 5.41) is 15.8. The molecular weight excluding hydrogens is 234 g/mol. The number of aromatic nitrogens is 1. The first-order chi connectivity index (χ1) is 8.56. The molecule has 18 heavy (non-hydrogen) atoms. The summed E-state index contributed by atoms with van der Waals surface area (Å²) in [7, 11) is 0. The van der Waals surface area contributed by atoms with Gasteiger partial charge in [-0.25, -0.2) is 0 Å². The highest BCUT2D eigenvalue weighted by molar-refractivity contribution is 5.95. The van der Waals surface area contributed by atoms with Crippen LogP contribution in [0.2, 0.25) is 0 Å². The quantitative estimate of drug-likeness (QED) is 0.558. The van der Waals surface area contributed by atoms with Crippen molar-refractivity contribution in [2.45, 2.75) is 13.5 Å². The molecule has 0 fully saturated rings. The molecule has 1 aromatic carbocycles. The van der Waals surface area contributed by atoms with Crippen molar-refractivity contribution in [1.82, 2.24) is 10.5 Å². The molecule has 0 saturated carbocycles. The molecule has 0 saturated heterocycles. The third kappa shape index (κ3) is 2.60. The number of nitrogens with two attached hydrogens (primary N) is 1. The zero-order valence-corrected chi connectivity index (χ0v) is 9.80. The van der Waals surface area contributed by atoms with E-state index in [0.717, 1.165) is 0 Å². The lowest BCUT2D eigenvalue weighted by Crippen LogP contribution is -2.22. The highest BCUT2D eigenvalue weighted by atomic mass is 16.5. The van der Waals surface area contributed by atoms with Crippen molar-refractivity contribution in [1.29, 1.82) is 0 Å². The van der Waals surface area contributed by atoms with E-state index in [1.165, 1.54) is 12.1 Å². The van der Waals surface area contributed by atoms with Crippen LogP contribution in [-0.2, 0) is 6.54 Å². The molecular formula is C12H13N3O3. The number of aromatic hydroxyl groups is 1. The third-order valence-corrected chi connectivity index (χ3v) is 2.40. The summed E-state index contributed by atoms with van der Waals surface area (Å²) in [6.45, 7) is 2.04. The van der Waals surface area contributed by atoms with Crippen LogP contribution in [0.3, 0.4) is 0 Å². The molecule has 0 spiro atoms. The van der Waals surface area contributed by atoms with Gasteiger partial charge >= 0.3 is 0 Å². The Kier molecular flexibility index (Phi) is 3.18. The smallest absolute Gasteiger partial charge is 0.251 e. The van der Waals surface area contributed by atoms with Crippen molar-refractivity contribution in [2.75, 3.05) is 5.73 Å². The molecule has 0 aliphatic rings. The van der Waals surface area contributed by atoms with Crippen LogP contribution in [-0.4, -0.2) is 16.2 Å². The number of hydrogen-bond acceptors (Lipinski definition) is 5. The number of nitrogens with zero attached hydrogens (tertiary/aromatic N) is 1. The first-order valence-electron chi connectivity index (χ1n) is 5.35. The minimum atomic E-state index is -0.314. The number of amides is 1. The SMILES string of the molecule is Cc1cc(CNC(=O)c2ccc(N)c(O)c2)no1. The van der Waals surface area contributed by atoms with Crippen molar-refractivity contribution in [3.8, 4) is 5.75 Å². The van der Waals surface area contributed by atoms with Crippen molar-refractivity contribution < 1.29 is 14.4 Å². The standard InChI is InChI=1S/C12H13N3O3/c1-7-4-9(15-18-7)6-14-12(17)8-2-3-10(13)11(16)5-8/h2-5,16H,6,13H2,1H3,(H,14,17). The van der Waals surface area contributed by atoms with Crippen LogP contribution in [0.4, 0.5) is 5.69 Å². The molecule has 0 bridgehead atoms. The van der Waals surface area contributed by atoms with E-state index in [4.69, 9.17) is 10.3 Å². The number of hydrogen-bond donors (Lipinski definition) is 3. The van der Waals surface area contributed by atoms with Gasteiger partial charge in [0.1, 0.15) is 17.2 Å². The number of aryl methyl sites for hydroxylation is 1. The van der Waals surface area contributed by atoms with Gasteiger partial charge in [-0.05, 0) is 25.1 Å². The van der Waals surface area contributed by atoms with E-state index in [0.29, 0.717) is 17.0 Å². The maximum Gasteiger partial charge on any atom is 0.251 e. The van der Waals surface area contributed by atoms with Gasteiger partial charge in [0.15, 0.2) is 0 Å². The Morgan fingerprint density at radius 1 is 1.50 bits per heavy atom. The Morgan fingerprint density at radius 2 is 2.28 bits per heavy atom. The lowest BCUT2D eigenvalue weighted by Gasteiger charge is -2.04. The average molecular weight is 247 g/mol. The molecule has 1 aromatic heterocycles. The summed E-state index contributed by atoms with van der Waals surface area (Å²) in [5.41, 5.74) is 6.66. The van der Waals surface area contributed by atoms with Crippen molar-refractivity contribution >= 4 is 11.6 Å².